The topological polar surface area (TPSA) is 88.4 Å². The highest BCUT2D eigenvalue weighted by Gasteiger charge is 2.45. The fraction of sp³-hybridized carbons (Fsp3) is 1.00. The third-order valence-electron chi connectivity index (χ3n) is 3.33. The van der Waals surface area contributed by atoms with E-state index >= 15 is 0 Å². The molecule has 0 aliphatic rings. The second kappa shape index (κ2) is 12.3. The van der Waals surface area contributed by atoms with Gasteiger partial charge in [-0.3, -0.25) is 0 Å². The molecule has 0 spiro atoms. The van der Waals surface area contributed by atoms with E-state index in [1.54, 1.807) is 6.92 Å². The highest BCUT2D eigenvalue weighted by atomic mass is 16.6. The van der Waals surface area contributed by atoms with Gasteiger partial charge in [0.05, 0.1) is 19.8 Å². The first-order chi connectivity index (χ1) is 10.1. The molecule has 0 amide bonds. The lowest BCUT2D eigenvalue weighted by Crippen LogP contribution is -2.60. The van der Waals surface area contributed by atoms with Crippen molar-refractivity contribution in [3.8, 4) is 0 Å². The highest BCUT2D eigenvalue weighted by molar-refractivity contribution is 4.95. The molecular formula is C15H32O6. The summed E-state index contributed by atoms with van der Waals surface area (Å²) in [4.78, 5) is 0. The lowest BCUT2D eigenvalue weighted by Gasteiger charge is -2.39. The molecule has 128 valence electrons. The van der Waals surface area contributed by atoms with E-state index in [0.717, 1.165) is 19.3 Å². The van der Waals surface area contributed by atoms with Gasteiger partial charge in [0, 0.05) is 19.8 Å². The van der Waals surface area contributed by atoms with Crippen molar-refractivity contribution in [3.63, 3.8) is 0 Å². The van der Waals surface area contributed by atoms with Crippen molar-refractivity contribution in [1.82, 2.24) is 0 Å². The van der Waals surface area contributed by atoms with Crippen molar-refractivity contribution in [2.45, 2.75) is 57.8 Å². The summed E-state index contributed by atoms with van der Waals surface area (Å²) in [6.45, 7) is 6.56. The molecule has 0 aromatic carbocycles. The molecule has 0 radical (unpaired) electrons. The Morgan fingerprint density at radius 1 is 0.905 bits per heavy atom. The van der Waals surface area contributed by atoms with Crippen LogP contribution in [0.3, 0.4) is 0 Å². The average Bonchev–Trinajstić information content (AvgIpc) is 2.49. The van der Waals surface area contributed by atoms with Gasteiger partial charge in [-0.15, -0.1) is 0 Å². The van der Waals surface area contributed by atoms with Crippen LogP contribution in [0.1, 0.15) is 40.0 Å². The first-order valence-electron chi connectivity index (χ1n) is 7.85. The lowest BCUT2D eigenvalue weighted by molar-refractivity contribution is -0.219. The molecule has 0 aliphatic carbocycles. The molecule has 21 heavy (non-hydrogen) atoms. The number of hydrogen-bond acceptors (Lipinski definition) is 6. The molecule has 6 nitrogen and oxygen atoms in total. The summed E-state index contributed by atoms with van der Waals surface area (Å²) in [6, 6.07) is 0. The average molecular weight is 308 g/mol. The van der Waals surface area contributed by atoms with E-state index in [9.17, 15) is 15.3 Å². The molecule has 3 atom stereocenters. The summed E-state index contributed by atoms with van der Waals surface area (Å²) < 4.78 is 16.2. The molecule has 0 rings (SSSR count). The van der Waals surface area contributed by atoms with Gasteiger partial charge in [-0.25, -0.2) is 0 Å². The minimum Gasteiger partial charge on any atom is -0.393 e. The Labute approximate surface area is 128 Å². The minimum absolute atomic E-state index is 0.000417. The van der Waals surface area contributed by atoms with Crippen molar-refractivity contribution in [1.29, 1.82) is 0 Å². The summed E-state index contributed by atoms with van der Waals surface area (Å²) in [5.41, 5.74) is -1.48. The summed E-state index contributed by atoms with van der Waals surface area (Å²) in [6.07, 6.45) is 0.477. The zero-order chi connectivity index (χ0) is 16.1. The maximum absolute atomic E-state index is 10.3. The van der Waals surface area contributed by atoms with Gasteiger partial charge in [0.15, 0.2) is 0 Å². The van der Waals surface area contributed by atoms with E-state index in [4.69, 9.17) is 14.2 Å². The normalized spacial score (nSPS) is 17.4. The Balaban J connectivity index is 4.62. The molecule has 0 aromatic rings. The van der Waals surface area contributed by atoms with Crippen molar-refractivity contribution >= 4 is 0 Å². The second-order valence-corrected chi connectivity index (χ2v) is 5.08. The van der Waals surface area contributed by atoms with Crippen LogP contribution in [0.25, 0.3) is 0 Å². The zero-order valence-electron chi connectivity index (χ0n) is 13.6. The smallest absolute Gasteiger partial charge is 0.147 e. The number of hydrogen-bond donors (Lipinski definition) is 3. The van der Waals surface area contributed by atoms with E-state index in [2.05, 4.69) is 0 Å². The summed E-state index contributed by atoms with van der Waals surface area (Å²) in [5, 5.41) is 30.2. The van der Waals surface area contributed by atoms with Gasteiger partial charge >= 0.3 is 0 Å². The predicted molar refractivity (Wildman–Crippen MR) is 80.3 cm³/mol. The quantitative estimate of drug-likeness (QED) is 0.410. The summed E-state index contributed by atoms with van der Waals surface area (Å²) in [7, 11) is 0. The fourth-order valence-electron chi connectivity index (χ4n) is 2.00. The van der Waals surface area contributed by atoms with Crippen LogP contribution in [0.15, 0.2) is 0 Å². The Hall–Kier alpha value is -0.240. The zero-order valence-corrected chi connectivity index (χ0v) is 13.6. The van der Waals surface area contributed by atoms with Gasteiger partial charge in [-0.1, -0.05) is 20.3 Å². The lowest BCUT2D eigenvalue weighted by atomic mass is 9.91. The van der Waals surface area contributed by atoms with E-state index in [1.807, 2.05) is 13.8 Å². The molecule has 0 saturated carbocycles. The van der Waals surface area contributed by atoms with Gasteiger partial charge in [0.2, 0.25) is 0 Å². The number of ether oxygens (including phenoxy) is 3. The SMILES string of the molecule is CCCCOCC(O)C(CO)(OCC)C(O)COCCC. The van der Waals surface area contributed by atoms with Crippen molar-refractivity contribution in [3.05, 3.63) is 0 Å². The van der Waals surface area contributed by atoms with Gasteiger partial charge in [-0.2, -0.15) is 0 Å². The molecule has 0 aromatic heterocycles. The first-order valence-corrected chi connectivity index (χ1v) is 7.85. The molecular weight excluding hydrogens is 276 g/mol. The van der Waals surface area contributed by atoms with Crippen LogP contribution in [0.5, 0.6) is 0 Å². The monoisotopic (exact) mass is 308 g/mol. The second-order valence-electron chi connectivity index (χ2n) is 5.08. The molecule has 0 aliphatic heterocycles. The van der Waals surface area contributed by atoms with Crippen molar-refractivity contribution in [2.75, 3.05) is 39.6 Å². The number of aliphatic hydroxyl groups excluding tert-OH is 3. The van der Waals surface area contributed by atoms with Crippen LogP contribution in [-0.4, -0.2) is 72.8 Å². The van der Waals surface area contributed by atoms with E-state index in [0.29, 0.717) is 13.2 Å². The first kappa shape index (κ1) is 20.8. The largest absolute Gasteiger partial charge is 0.393 e. The van der Waals surface area contributed by atoms with Crippen LogP contribution >= 0.6 is 0 Å². The molecule has 0 fully saturated rings. The fourth-order valence-corrected chi connectivity index (χ4v) is 2.00. The standard InChI is InChI=1S/C15H32O6/c1-4-7-9-20-11-14(18)15(12-16,21-6-3)13(17)10-19-8-5-2/h13-14,16-18H,4-12H2,1-3H3. The minimum atomic E-state index is -1.48. The summed E-state index contributed by atoms with van der Waals surface area (Å²) >= 11 is 0. The molecule has 0 heterocycles. The van der Waals surface area contributed by atoms with E-state index in [1.165, 1.54) is 0 Å². The van der Waals surface area contributed by atoms with Crippen LogP contribution in [-0.2, 0) is 14.2 Å². The van der Waals surface area contributed by atoms with Crippen molar-refractivity contribution in [2.24, 2.45) is 0 Å². The number of rotatable bonds is 14. The number of unbranched alkanes of at least 4 members (excludes halogenated alkanes) is 1. The van der Waals surface area contributed by atoms with E-state index < -0.39 is 24.4 Å². The van der Waals surface area contributed by atoms with Gasteiger partial charge in [-0.05, 0) is 19.8 Å². The Morgan fingerprint density at radius 3 is 1.90 bits per heavy atom. The van der Waals surface area contributed by atoms with Crippen LogP contribution in [0.4, 0.5) is 0 Å². The predicted octanol–water partition coefficient (Wildman–Crippen LogP) is 0.719. The maximum atomic E-state index is 10.3. The molecule has 0 saturated heterocycles. The van der Waals surface area contributed by atoms with Gasteiger partial charge in [0.1, 0.15) is 17.8 Å². The Kier molecular flexibility index (Phi) is 12.2. The van der Waals surface area contributed by atoms with Crippen LogP contribution in [0.2, 0.25) is 0 Å². The molecule has 6 heteroatoms. The van der Waals surface area contributed by atoms with Gasteiger partial charge < -0.3 is 29.5 Å². The van der Waals surface area contributed by atoms with Crippen LogP contribution in [0, 0.1) is 0 Å². The van der Waals surface area contributed by atoms with Crippen molar-refractivity contribution < 1.29 is 29.5 Å². The maximum Gasteiger partial charge on any atom is 0.147 e. The Morgan fingerprint density at radius 2 is 1.48 bits per heavy atom. The third-order valence-corrected chi connectivity index (χ3v) is 3.33. The Bertz CT molecular complexity index is 238. The molecule has 3 unspecified atom stereocenters. The number of aliphatic hydroxyl groups is 3. The molecule has 0 bridgehead atoms. The summed E-state index contributed by atoms with van der Waals surface area (Å²) in [5.74, 6) is 0. The molecule has 3 N–H and O–H groups in total. The highest BCUT2D eigenvalue weighted by Crippen LogP contribution is 2.22. The third kappa shape index (κ3) is 7.04. The van der Waals surface area contributed by atoms with E-state index in [-0.39, 0.29) is 19.8 Å². The van der Waals surface area contributed by atoms with Gasteiger partial charge in [0.25, 0.3) is 0 Å². The van der Waals surface area contributed by atoms with Crippen LogP contribution < -0.4 is 0 Å².